The van der Waals surface area contributed by atoms with E-state index in [1.165, 1.54) is 0 Å². The van der Waals surface area contributed by atoms with Crippen molar-refractivity contribution in [3.8, 4) is 5.75 Å². The lowest BCUT2D eigenvalue weighted by atomic mass is 10.2. The van der Waals surface area contributed by atoms with Gasteiger partial charge in [0.2, 0.25) is 0 Å². The fraction of sp³-hybridized carbons (Fsp3) is 0.562. The van der Waals surface area contributed by atoms with Gasteiger partial charge in [-0.3, -0.25) is 4.21 Å². The highest BCUT2D eigenvalue weighted by molar-refractivity contribution is 7.86. The van der Waals surface area contributed by atoms with Crippen LogP contribution in [0, 0.1) is 6.92 Å². The minimum atomic E-state index is -0.885. The van der Waals surface area contributed by atoms with Gasteiger partial charge in [-0.2, -0.15) is 0 Å². The Morgan fingerprint density at radius 2 is 2.18 bits per heavy atom. The molecule has 1 atom stereocenters. The van der Waals surface area contributed by atoms with Crippen molar-refractivity contribution in [2.45, 2.75) is 32.4 Å². The minimum Gasteiger partial charge on any atom is -0.494 e. The van der Waals surface area contributed by atoms with Gasteiger partial charge in [-0.1, -0.05) is 6.07 Å². The average molecular weight is 324 g/mol. The Bertz CT molecular complexity index is 587. The fourth-order valence-electron chi connectivity index (χ4n) is 2.44. The average Bonchev–Trinajstić information content (AvgIpc) is 2.45. The number of amides is 2. The number of hydrogen-bond acceptors (Lipinski definition) is 3. The number of aryl methyl sites for hydroxylation is 1. The Labute approximate surface area is 134 Å². The normalized spacial score (nSPS) is 20.5. The largest absolute Gasteiger partial charge is 0.494 e. The zero-order valence-electron chi connectivity index (χ0n) is 13.6. The van der Waals surface area contributed by atoms with Gasteiger partial charge in [-0.15, -0.1) is 0 Å². The molecule has 1 saturated heterocycles. The monoisotopic (exact) mass is 324 g/mol. The molecule has 1 aliphatic heterocycles. The lowest BCUT2D eigenvalue weighted by molar-refractivity contribution is 0.207. The molecule has 22 heavy (non-hydrogen) atoms. The second kappa shape index (κ2) is 6.69. The molecule has 0 bridgehead atoms. The molecule has 1 N–H and O–H groups in total. The van der Waals surface area contributed by atoms with E-state index in [1.807, 2.05) is 45.9 Å². The van der Waals surface area contributed by atoms with E-state index in [9.17, 15) is 9.00 Å². The van der Waals surface area contributed by atoms with E-state index in [0.717, 1.165) is 11.3 Å². The second-order valence-electron chi connectivity index (χ2n) is 6.07. The summed E-state index contributed by atoms with van der Waals surface area (Å²) in [5.41, 5.74) is 1.75. The molecule has 0 unspecified atom stereocenters. The lowest BCUT2D eigenvalue weighted by Gasteiger charge is -2.37. The number of urea groups is 1. The van der Waals surface area contributed by atoms with Crippen LogP contribution in [-0.2, 0) is 10.8 Å². The van der Waals surface area contributed by atoms with Crippen molar-refractivity contribution in [1.29, 1.82) is 0 Å². The summed E-state index contributed by atoms with van der Waals surface area (Å²) in [5, 5.41) is 2.90. The highest BCUT2D eigenvalue weighted by Gasteiger charge is 2.35. The number of carbonyl (C=O) groups is 1. The summed E-state index contributed by atoms with van der Waals surface area (Å²) < 4.78 is 17.1. The maximum absolute atomic E-state index is 12.4. The number of carbonyl (C=O) groups excluding carboxylic acids is 1. The Morgan fingerprint density at radius 1 is 1.45 bits per heavy atom. The predicted molar refractivity (Wildman–Crippen MR) is 90.0 cm³/mol. The van der Waals surface area contributed by atoms with Crippen LogP contribution in [-0.4, -0.2) is 45.3 Å². The minimum absolute atomic E-state index is 0.156. The Morgan fingerprint density at radius 3 is 2.82 bits per heavy atom. The van der Waals surface area contributed by atoms with Crippen LogP contribution in [0.5, 0.6) is 5.75 Å². The number of hydrogen-bond donors (Lipinski definition) is 1. The van der Waals surface area contributed by atoms with Crippen molar-refractivity contribution >= 4 is 22.5 Å². The zero-order chi connectivity index (χ0) is 16.3. The molecule has 1 aromatic rings. The molecule has 1 fully saturated rings. The van der Waals surface area contributed by atoms with Gasteiger partial charge in [0.15, 0.2) is 0 Å². The van der Waals surface area contributed by atoms with Crippen LogP contribution in [0.15, 0.2) is 18.2 Å². The highest BCUT2D eigenvalue weighted by atomic mass is 32.2. The first-order chi connectivity index (χ1) is 10.3. The molecule has 1 aliphatic rings. The number of anilines is 1. The van der Waals surface area contributed by atoms with Crippen LogP contribution in [0.4, 0.5) is 10.5 Å². The zero-order valence-corrected chi connectivity index (χ0v) is 14.5. The van der Waals surface area contributed by atoms with Crippen LogP contribution in [0.2, 0.25) is 0 Å². The summed E-state index contributed by atoms with van der Waals surface area (Å²) in [6.45, 7) is 9.37. The van der Waals surface area contributed by atoms with E-state index in [4.69, 9.17) is 4.74 Å². The van der Waals surface area contributed by atoms with Crippen LogP contribution >= 0.6 is 0 Å². The summed E-state index contributed by atoms with van der Waals surface area (Å²) >= 11 is 0. The Hall–Kier alpha value is -1.56. The van der Waals surface area contributed by atoms with Gasteiger partial charge in [-0.05, 0) is 39.3 Å². The smallest absolute Gasteiger partial charge is 0.321 e. The summed E-state index contributed by atoms with van der Waals surface area (Å²) in [5.74, 6) is 1.30. The molecule has 1 aromatic carbocycles. The maximum Gasteiger partial charge on any atom is 0.321 e. The molecule has 0 saturated carbocycles. The number of nitrogens with one attached hydrogen (secondary N) is 1. The van der Waals surface area contributed by atoms with Gasteiger partial charge in [0.25, 0.3) is 0 Å². The number of rotatable bonds is 3. The summed E-state index contributed by atoms with van der Waals surface area (Å²) in [6.07, 6.45) is 0. The third kappa shape index (κ3) is 3.80. The van der Waals surface area contributed by atoms with E-state index < -0.39 is 10.8 Å². The number of nitrogens with zero attached hydrogens (tertiary/aromatic N) is 1. The van der Waals surface area contributed by atoms with Gasteiger partial charge in [0, 0.05) is 41.4 Å². The van der Waals surface area contributed by atoms with E-state index in [-0.39, 0.29) is 10.8 Å². The molecule has 6 heteroatoms. The lowest BCUT2D eigenvalue weighted by Crippen LogP contribution is -2.53. The first-order valence-corrected chi connectivity index (χ1v) is 8.83. The standard InChI is InChI=1S/C16H24N2O3S/c1-5-21-14-10-13(7-6-12(14)2)17-15(19)18-8-9-22(20)16(3,4)11-18/h6-7,10H,5,8-9,11H2,1-4H3,(H,17,19)/t22-/m1/s1. The maximum atomic E-state index is 12.4. The SMILES string of the molecule is CCOc1cc(NC(=O)N2CC[S@@](=O)C(C)(C)C2)ccc1C. The molecule has 2 amide bonds. The van der Waals surface area contributed by atoms with Gasteiger partial charge in [0.1, 0.15) is 5.75 Å². The second-order valence-corrected chi connectivity index (χ2v) is 8.28. The first kappa shape index (κ1) is 16.8. The number of ether oxygens (including phenoxy) is 1. The molecule has 2 rings (SSSR count). The number of benzene rings is 1. The van der Waals surface area contributed by atoms with Crippen molar-refractivity contribution in [3.05, 3.63) is 23.8 Å². The molecule has 0 aliphatic carbocycles. The van der Waals surface area contributed by atoms with Crippen molar-refractivity contribution in [1.82, 2.24) is 4.90 Å². The summed E-state index contributed by atoms with van der Waals surface area (Å²) in [7, 11) is -0.885. The van der Waals surface area contributed by atoms with Gasteiger partial charge in [0.05, 0.1) is 11.4 Å². The van der Waals surface area contributed by atoms with Gasteiger partial charge in [-0.25, -0.2) is 4.79 Å². The summed E-state index contributed by atoms with van der Waals surface area (Å²) in [6, 6.07) is 5.47. The first-order valence-electron chi connectivity index (χ1n) is 7.51. The van der Waals surface area contributed by atoms with E-state index in [2.05, 4.69) is 5.32 Å². The summed E-state index contributed by atoms with van der Waals surface area (Å²) in [4.78, 5) is 14.1. The quantitative estimate of drug-likeness (QED) is 0.930. The van der Waals surface area contributed by atoms with Crippen molar-refractivity contribution in [3.63, 3.8) is 0 Å². The molecule has 0 radical (unpaired) electrons. The van der Waals surface area contributed by atoms with Crippen LogP contribution in [0.1, 0.15) is 26.3 Å². The predicted octanol–water partition coefficient (Wildman–Crippen LogP) is 2.77. The fourth-order valence-corrected chi connectivity index (χ4v) is 3.68. The van der Waals surface area contributed by atoms with Crippen LogP contribution in [0.3, 0.4) is 0 Å². The van der Waals surface area contributed by atoms with Crippen LogP contribution < -0.4 is 10.1 Å². The topological polar surface area (TPSA) is 58.6 Å². The van der Waals surface area contributed by atoms with Gasteiger partial charge >= 0.3 is 6.03 Å². The van der Waals surface area contributed by atoms with Gasteiger partial charge < -0.3 is 15.0 Å². The Kier molecular flexibility index (Phi) is 5.11. The molecular weight excluding hydrogens is 300 g/mol. The molecular formula is C16H24N2O3S. The Balaban J connectivity index is 2.06. The van der Waals surface area contributed by atoms with Crippen molar-refractivity contribution in [2.75, 3.05) is 30.8 Å². The molecule has 0 spiro atoms. The van der Waals surface area contributed by atoms with E-state index in [0.29, 0.717) is 31.1 Å². The molecule has 5 nitrogen and oxygen atoms in total. The molecule has 1 heterocycles. The molecule has 122 valence electrons. The van der Waals surface area contributed by atoms with E-state index >= 15 is 0 Å². The highest BCUT2D eigenvalue weighted by Crippen LogP contribution is 2.24. The third-order valence-corrected chi connectivity index (χ3v) is 5.68. The van der Waals surface area contributed by atoms with Crippen molar-refractivity contribution < 1.29 is 13.7 Å². The van der Waals surface area contributed by atoms with Crippen molar-refractivity contribution in [2.24, 2.45) is 0 Å². The van der Waals surface area contributed by atoms with E-state index in [1.54, 1.807) is 4.90 Å². The molecule has 0 aromatic heterocycles. The third-order valence-electron chi connectivity index (χ3n) is 3.76. The van der Waals surface area contributed by atoms with Crippen LogP contribution in [0.25, 0.3) is 0 Å².